The Labute approximate surface area is 159 Å². The number of pyridine rings is 1. The van der Waals surface area contributed by atoms with Crippen molar-refractivity contribution in [2.45, 2.75) is 0 Å². The molecule has 2 aromatic rings. The quantitative estimate of drug-likeness (QED) is 0.239. The SMILES string of the molecule is O=Cc1ccccc1N(Nc1ccc(C(=O)[O-])cn1)S(=O)(=O)O.[Na+]. The second-order valence-corrected chi connectivity index (χ2v) is 5.51. The number of hydrogen-bond acceptors (Lipinski definition) is 7. The zero-order chi connectivity index (χ0) is 17.0. The maximum absolute atomic E-state index is 11.6. The Morgan fingerprint density at radius 1 is 1.25 bits per heavy atom. The Balaban J connectivity index is 0.00000288. The Kier molecular flexibility index (Phi) is 6.87. The molecule has 0 fully saturated rings. The Bertz CT molecular complexity index is 841. The molecule has 0 aliphatic rings. The van der Waals surface area contributed by atoms with Gasteiger partial charge in [-0.25, -0.2) is 4.98 Å². The molecule has 120 valence electrons. The Morgan fingerprint density at radius 2 is 1.92 bits per heavy atom. The average molecular weight is 359 g/mol. The van der Waals surface area contributed by atoms with Crippen LogP contribution in [0.3, 0.4) is 0 Å². The van der Waals surface area contributed by atoms with Crippen LogP contribution in [0, 0.1) is 0 Å². The van der Waals surface area contributed by atoms with E-state index in [-0.39, 0.29) is 52.2 Å². The number of anilines is 2. The summed E-state index contributed by atoms with van der Waals surface area (Å²) in [5, 5.41) is 10.6. The first-order valence-corrected chi connectivity index (χ1v) is 7.48. The number of aromatic nitrogens is 1. The first-order valence-electron chi connectivity index (χ1n) is 6.09. The van der Waals surface area contributed by atoms with E-state index < -0.39 is 16.3 Å². The minimum atomic E-state index is -4.78. The summed E-state index contributed by atoms with van der Waals surface area (Å²) < 4.78 is 32.8. The van der Waals surface area contributed by atoms with Gasteiger partial charge in [-0.15, -0.1) is 0 Å². The molecule has 2 N–H and O–H groups in total. The van der Waals surface area contributed by atoms with E-state index in [1.54, 1.807) is 0 Å². The van der Waals surface area contributed by atoms with Crippen molar-refractivity contribution < 1.29 is 57.2 Å². The molecule has 1 aromatic carbocycles. The molecule has 0 amide bonds. The number of aldehydes is 1. The van der Waals surface area contributed by atoms with Crippen LogP contribution in [-0.4, -0.2) is 30.2 Å². The number of hydrogen-bond donors (Lipinski definition) is 2. The Morgan fingerprint density at radius 3 is 2.42 bits per heavy atom. The van der Waals surface area contributed by atoms with E-state index in [0.29, 0.717) is 10.7 Å². The van der Waals surface area contributed by atoms with Crippen molar-refractivity contribution in [1.29, 1.82) is 0 Å². The third-order valence-corrected chi connectivity index (χ3v) is 3.48. The number of hydrazine groups is 1. The molecule has 0 saturated heterocycles. The van der Waals surface area contributed by atoms with Gasteiger partial charge in [-0.3, -0.25) is 14.8 Å². The summed E-state index contributed by atoms with van der Waals surface area (Å²) in [4.78, 5) is 25.4. The van der Waals surface area contributed by atoms with Crippen molar-refractivity contribution in [2.24, 2.45) is 0 Å². The average Bonchev–Trinajstić information content (AvgIpc) is 2.52. The number of rotatable bonds is 6. The minimum Gasteiger partial charge on any atom is -0.545 e. The standard InChI is InChI=1S/C13H11N3O6S.Na/c17-8-10-3-1-2-4-11(10)16(23(20,21)22)15-12-6-5-9(7-14-12)13(18)19;/h1-8H,(H,14,15)(H,18,19)(H,20,21,22);/q;+1/p-1. The molecule has 24 heavy (non-hydrogen) atoms. The summed E-state index contributed by atoms with van der Waals surface area (Å²) in [6.45, 7) is 0. The third-order valence-electron chi connectivity index (χ3n) is 2.73. The summed E-state index contributed by atoms with van der Waals surface area (Å²) >= 11 is 0. The molecule has 0 aliphatic carbocycles. The van der Waals surface area contributed by atoms with Crippen LogP contribution in [-0.2, 0) is 10.3 Å². The topological polar surface area (TPSA) is 140 Å². The fraction of sp³-hybridized carbons (Fsp3) is 0. The van der Waals surface area contributed by atoms with Crippen LogP contribution in [0.15, 0.2) is 42.6 Å². The number of nitrogens with zero attached hydrogens (tertiary/aromatic N) is 2. The molecule has 0 aliphatic heterocycles. The minimum absolute atomic E-state index is 0. The molecule has 0 atom stereocenters. The van der Waals surface area contributed by atoms with Crippen LogP contribution >= 0.6 is 0 Å². The summed E-state index contributed by atoms with van der Waals surface area (Å²) in [5.41, 5.74) is 1.96. The molecular weight excluding hydrogens is 349 g/mol. The maximum Gasteiger partial charge on any atom is 1.00 e. The van der Waals surface area contributed by atoms with Crippen molar-refractivity contribution in [1.82, 2.24) is 4.98 Å². The maximum atomic E-state index is 11.6. The van der Waals surface area contributed by atoms with Gasteiger partial charge in [0.2, 0.25) is 0 Å². The van der Waals surface area contributed by atoms with E-state index in [4.69, 9.17) is 0 Å². The molecule has 9 nitrogen and oxygen atoms in total. The van der Waals surface area contributed by atoms with Gasteiger partial charge >= 0.3 is 39.9 Å². The molecular formula is C13H10N3NaO6S. The number of carbonyl (C=O) groups is 2. The Hall–Kier alpha value is -1.98. The van der Waals surface area contributed by atoms with Gasteiger partial charge in [-0.05, 0) is 24.3 Å². The normalized spacial score (nSPS) is 10.4. The number of carboxylic acids is 1. The zero-order valence-corrected chi connectivity index (χ0v) is 15.2. The number of carboxylic acid groups (broad SMARTS) is 1. The summed E-state index contributed by atoms with van der Waals surface area (Å²) in [6.07, 6.45) is 1.37. The van der Waals surface area contributed by atoms with Crippen LogP contribution < -0.4 is 44.5 Å². The van der Waals surface area contributed by atoms with Crippen molar-refractivity contribution in [2.75, 3.05) is 9.84 Å². The van der Waals surface area contributed by atoms with Gasteiger partial charge in [-0.1, -0.05) is 12.1 Å². The van der Waals surface area contributed by atoms with Gasteiger partial charge in [0.25, 0.3) is 0 Å². The number of para-hydroxylation sites is 1. The fourth-order valence-corrected chi connectivity index (χ4v) is 2.32. The second-order valence-electron chi connectivity index (χ2n) is 4.25. The molecule has 1 heterocycles. The van der Waals surface area contributed by atoms with Crippen LogP contribution in [0.25, 0.3) is 0 Å². The van der Waals surface area contributed by atoms with Gasteiger partial charge in [-0.2, -0.15) is 12.8 Å². The smallest absolute Gasteiger partial charge is 0.545 e. The van der Waals surface area contributed by atoms with Crippen molar-refractivity contribution in [3.05, 3.63) is 53.7 Å². The molecule has 0 unspecified atom stereocenters. The predicted molar refractivity (Wildman–Crippen MR) is 78.0 cm³/mol. The summed E-state index contributed by atoms with van der Waals surface area (Å²) in [6, 6.07) is 7.94. The van der Waals surface area contributed by atoms with E-state index in [2.05, 4.69) is 10.4 Å². The van der Waals surface area contributed by atoms with Crippen LogP contribution in [0.5, 0.6) is 0 Å². The van der Waals surface area contributed by atoms with Crippen LogP contribution in [0.4, 0.5) is 11.5 Å². The van der Waals surface area contributed by atoms with E-state index in [0.717, 1.165) is 12.3 Å². The van der Waals surface area contributed by atoms with E-state index in [1.165, 1.54) is 30.3 Å². The number of benzene rings is 1. The van der Waals surface area contributed by atoms with E-state index in [1.807, 2.05) is 0 Å². The van der Waals surface area contributed by atoms with Crippen molar-refractivity contribution >= 4 is 34.1 Å². The number of nitrogens with one attached hydrogen (secondary N) is 1. The molecule has 0 saturated carbocycles. The molecule has 2 rings (SSSR count). The first kappa shape index (κ1) is 20.1. The van der Waals surface area contributed by atoms with Gasteiger partial charge in [0, 0.05) is 17.3 Å². The largest absolute Gasteiger partial charge is 1.00 e. The van der Waals surface area contributed by atoms with Crippen LogP contribution in [0.2, 0.25) is 0 Å². The zero-order valence-electron chi connectivity index (χ0n) is 12.4. The monoisotopic (exact) mass is 359 g/mol. The van der Waals surface area contributed by atoms with Crippen LogP contribution in [0.1, 0.15) is 20.7 Å². The van der Waals surface area contributed by atoms with Gasteiger partial charge in [0.05, 0.1) is 11.7 Å². The third kappa shape index (κ3) is 4.76. The van der Waals surface area contributed by atoms with Gasteiger partial charge < -0.3 is 9.90 Å². The molecule has 0 bridgehead atoms. The molecule has 11 heteroatoms. The second kappa shape index (κ2) is 8.22. The molecule has 0 spiro atoms. The summed E-state index contributed by atoms with van der Waals surface area (Å²) in [7, 11) is -4.78. The van der Waals surface area contributed by atoms with Crippen molar-refractivity contribution in [3.63, 3.8) is 0 Å². The first-order chi connectivity index (χ1) is 10.8. The van der Waals surface area contributed by atoms with E-state index >= 15 is 0 Å². The van der Waals surface area contributed by atoms with E-state index in [9.17, 15) is 27.7 Å². The van der Waals surface area contributed by atoms with Crippen molar-refractivity contribution in [3.8, 4) is 0 Å². The van der Waals surface area contributed by atoms with Gasteiger partial charge in [0.15, 0.2) is 6.29 Å². The predicted octanol–water partition coefficient (Wildman–Crippen LogP) is -3.10. The molecule has 0 radical (unpaired) electrons. The number of carbonyl (C=O) groups excluding carboxylic acids is 2. The summed E-state index contributed by atoms with van der Waals surface area (Å²) in [5.74, 6) is -1.52. The van der Waals surface area contributed by atoms with Gasteiger partial charge in [0.1, 0.15) is 5.82 Å². The number of aromatic carboxylic acids is 1. The molecule has 1 aromatic heterocycles. The fourth-order valence-electron chi connectivity index (χ4n) is 1.70.